The van der Waals surface area contributed by atoms with Crippen LogP contribution in [0.15, 0.2) is 18.2 Å². The summed E-state index contributed by atoms with van der Waals surface area (Å²) in [5, 5.41) is 0. The molecule has 3 nitrogen and oxygen atoms in total. The lowest BCUT2D eigenvalue weighted by Gasteiger charge is -2.35. The molecule has 5 heteroatoms. The first kappa shape index (κ1) is 14.0. The number of nitrogens with zero attached hydrogens (tertiary/aromatic N) is 2. The van der Waals surface area contributed by atoms with Crippen LogP contribution in [0.2, 0.25) is 0 Å². The van der Waals surface area contributed by atoms with Gasteiger partial charge in [-0.3, -0.25) is 9.10 Å². The van der Waals surface area contributed by atoms with Gasteiger partial charge >= 0.3 is 0 Å². The average molecular weight is 376 g/mol. The molecule has 0 spiro atoms. The molecule has 1 heterocycles. The number of benzene rings is 1. The Morgan fingerprint density at radius 3 is 2.83 bits per heavy atom. The van der Waals surface area contributed by atoms with Crippen LogP contribution in [-0.2, 0) is 4.79 Å². The van der Waals surface area contributed by atoms with Gasteiger partial charge in [-0.2, -0.15) is 0 Å². The Labute approximate surface area is 127 Å². The molecule has 2 rings (SSSR count). The Balaban J connectivity index is 2.24. The molecule has 1 saturated heterocycles. The summed E-state index contributed by atoms with van der Waals surface area (Å²) in [6, 6.07) is 6.27. The smallest absolute Gasteiger partial charge is 0.254 e. The van der Waals surface area contributed by atoms with E-state index in [1.807, 2.05) is 7.05 Å². The Kier molecular flexibility index (Phi) is 4.42. The number of carbonyl (C=O) groups is 1. The fourth-order valence-electron chi connectivity index (χ4n) is 2.30. The van der Waals surface area contributed by atoms with Crippen LogP contribution in [0, 0.1) is 10.5 Å². The summed E-state index contributed by atoms with van der Waals surface area (Å²) in [5.74, 6) is 0.101. The van der Waals surface area contributed by atoms with Crippen molar-refractivity contribution in [1.29, 1.82) is 0 Å². The number of piperidine rings is 1. The topological polar surface area (TPSA) is 23.6 Å². The Hall–Kier alpha value is -0.430. The summed E-state index contributed by atoms with van der Waals surface area (Å²) in [7, 11) is 1.99. The number of hydrogen-bond donors (Lipinski definition) is 1. The number of anilines is 1. The second-order valence-corrected chi connectivity index (χ2v) is 6.45. The zero-order valence-electron chi connectivity index (χ0n) is 10.6. The number of thiol groups is 1. The van der Waals surface area contributed by atoms with E-state index in [1.54, 1.807) is 0 Å². The van der Waals surface area contributed by atoms with E-state index >= 15 is 0 Å². The molecule has 98 valence electrons. The van der Waals surface area contributed by atoms with Crippen molar-refractivity contribution in [3.63, 3.8) is 0 Å². The van der Waals surface area contributed by atoms with Crippen molar-refractivity contribution in [2.24, 2.45) is 0 Å². The fourth-order valence-corrected chi connectivity index (χ4v) is 3.38. The van der Waals surface area contributed by atoms with Crippen LogP contribution in [0.5, 0.6) is 0 Å². The molecule has 1 amide bonds. The molecule has 1 aliphatic rings. The minimum Gasteiger partial charge on any atom is -0.363 e. The molecule has 1 aromatic rings. The number of likely N-dealkylation sites (N-methyl/N-ethyl adjacent to an activating group) is 1. The van der Waals surface area contributed by atoms with Crippen LogP contribution in [0.3, 0.4) is 0 Å². The van der Waals surface area contributed by atoms with Crippen molar-refractivity contribution in [1.82, 2.24) is 4.31 Å². The van der Waals surface area contributed by atoms with E-state index < -0.39 is 0 Å². The van der Waals surface area contributed by atoms with Gasteiger partial charge in [-0.15, -0.1) is 0 Å². The molecule has 1 atom stereocenters. The van der Waals surface area contributed by atoms with E-state index in [2.05, 4.69) is 65.4 Å². The summed E-state index contributed by atoms with van der Waals surface area (Å²) in [6.45, 7) is 2.82. The zero-order valence-corrected chi connectivity index (χ0v) is 13.6. The van der Waals surface area contributed by atoms with Gasteiger partial charge in [0.05, 0.1) is 0 Å². The van der Waals surface area contributed by atoms with Crippen LogP contribution in [0.25, 0.3) is 0 Å². The maximum absolute atomic E-state index is 12.1. The maximum atomic E-state index is 12.1. The van der Waals surface area contributed by atoms with Crippen molar-refractivity contribution in [2.45, 2.75) is 25.8 Å². The van der Waals surface area contributed by atoms with E-state index in [1.165, 1.54) is 13.4 Å². The largest absolute Gasteiger partial charge is 0.363 e. The molecular weight excluding hydrogens is 359 g/mol. The molecule has 0 bridgehead atoms. The van der Waals surface area contributed by atoms with E-state index in [-0.39, 0.29) is 11.9 Å². The predicted octanol–water partition coefficient (Wildman–Crippen LogP) is 2.87. The second kappa shape index (κ2) is 5.69. The third kappa shape index (κ3) is 2.93. The van der Waals surface area contributed by atoms with Crippen LogP contribution in [-0.4, -0.2) is 29.8 Å². The number of rotatable bonds is 2. The SMILES string of the molecule is Cc1cc(I)cc(N(C)C2CCCN(S)C2=O)c1. The number of carbonyl (C=O) groups excluding carboxylic acids is 1. The van der Waals surface area contributed by atoms with Crippen molar-refractivity contribution in [3.05, 3.63) is 27.3 Å². The molecule has 0 aliphatic carbocycles. The Bertz CT molecular complexity index is 446. The molecule has 1 aliphatic heterocycles. The third-order valence-electron chi connectivity index (χ3n) is 3.29. The van der Waals surface area contributed by atoms with Crippen LogP contribution in [0.1, 0.15) is 18.4 Å². The van der Waals surface area contributed by atoms with E-state index in [0.29, 0.717) is 0 Å². The monoisotopic (exact) mass is 376 g/mol. The van der Waals surface area contributed by atoms with Crippen molar-refractivity contribution >= 4 is 47.0 Å². The van der Waals surface area contributed by atoms with Gasteiger partial charge in [-0.25, -0.2) is 0 Å². The highest BCUT2D eigenvalue weighted by atomic mass is 127. The zero-order chi connectivity index (χ0) is 13.3. The number of halogens is 1. The van der Waals surface area contributed by atoms with Gasteiger partial charge in [0.2, 0.25) is 0 Å². The van der Waals surface area contributed by atoms with Crippen LogP contribution in [0.4, 0.5) is 5.69 Å². The minimum absolute atomic E-state index is 0.0890. The second-order valence-electron chi connectivity index (χ2n) is 4.72. The average Bonchev–Trinajstić information content (AvgIpc) is 2.30. The minimum atomic E-state index is -0.0890. The van der Waals surface area contributed by atoms with Gasteiger partial charge in [-0.1, -0.05) is 12.8 Å². The molecule has 18 heavy (non-hydrogen) atoms. The lowest BCUT2D eigenvalue weighted by molar-refractivity contribution is -0.129. The molecule has 0 aromatic heterocycles. The standard InChI is InChI=1S/C13H17IN2OS/c1-9-6-10(14)8-11(7-9)15(2)12-4-3-5-16(18)13(12)17/h6-8,12,18H,3-5H2,1-2H3. The number of amides is 1. The quantitative estimate of drug-likeness (QED) is 0.634. The first-order valence-electron chi connectivity index (χ1n) is 5.99. The van der Waals surface area contributed by atoms with E-state index in [4.69, 9.17) is 0 Å². The van der Waals surface area contributed by atoms with Crippen molar-refractivity contribution in [2.75, 3.05) is 18.5 Å². The van der Waals surface area contributed by atoms with Crippen molar-refractivity contribution in [3.8, 4) is 0 Å². The molecule has 1 fully saturated rings. The summed E-state index contributed by atoms with van der Waals surface area (Å²) in [4.78, 5) is 14.2. The highest BCUT2D eigenvalue weighted by Crippen LogP contribution is 2.25. The molecule has 0 radical (unpaired) electrons. The van der Waals surface area contributed by atoms with Gasteiger partial charge in [-0.05, 0) is 66.1 Å². The lowest BCUT2D eigenvalue weighted by atomic mass is 10.0. The molecule has 0 saturated carbocycles. The molecular formula is C13H17IN2OS. The Morgan fingerprint density at radius 2 is 2.17 bits per heavy atom. The van der Waals surface area contributed by atoms with E-state index in [9.17, 15) is 4.79 Å². The molecule has 1 aromatic carbocycles. The lowest BCUT2D eigenvalue weighted by Crippen LogP contribution is -2.48. The maximum Gasteiger partial charge on any atom is 0.254 e. The van der Waals surface area contributed by atoms with Gasteiger partial charge in [0.15, 0.2) is 0 Å². The van der Waals surface area contributed by atoms with Crippen molar-refractivity contribution < 1.29 is 4.79 Å². The van der Waals surface area contributed by atoms with Gasteiger partial charge in [0.25, 0.3) is 5.91 Å². The van der Waals surface area contributed by atoms with Gasteiger partial charge < -0.3 is 4.90 Å². The van der Waals surface area contributed by atoms with E-state index in [0.717, 1.165) is 25.1 Å². The molecule has 0 N–H and O–H groups in total. The van der Waals surface area contributed by atoms with Crippen LogP contribution < -0.4 is 4.90 Å². The first-order valence-corrected chi connectivity index (χ1v) is 7.47. The summed E-state index contributed by atoms with van der Waals surface area (Å²) < 4.78 is 2.73. The normalized spacial score (nSPS) is 20.1. The number of aryl methyl sites for hydroxylation is 1. The third-order valence-corrected chi connectivity index (χ3v) is 4.31. The predicted molar refractivity (Wildman–Crippen MR) is 86.0 cm³/mol. The molecule has 1 unspecified atom stereocenters. The highest BCUT2D eigenvalue weighted by Gasteiger charge is 2.30. The summed E-state index contributed by atoms with van der Waals surface area (Å²) in [5.41, 5.74) is 2.32. The Morgan fingerprint density at radius 1 is 1.44 bits per heavy atom. The fraction of sp³-hybridized carbons (Fsp3) is 0.462. The number of hydrogen-bond acceptors (Lipinski definition) is 3. The highest BCUT2D eigenvalue weighted by molar-refractivity contribution is 14.1. The summed E-state index contributed by atoms with van der Waals surface area (Å²) >= 11 is 6.53. The van der Waals surface area contributed by atoms with Crippen LogP contribution >= 0.6 is 35.4 Å². The van der Waals surface area contributed by atoms with Gasteiger partial charge in [0, 0.05) is 22.8 Å². The first-order chi connectivity index (χ1) is 8.49. The van der Waals surface area contributed by atoms with Gasteiger partial charge in [0.1, 0.15) is 6.04 Å². The summed E-state index contributed by atoms with van der Waals surface area (Å²) in [6.07, 6.45) is 1.91.